The van der Waals surface area contributed by atoms with Crippen molar-refractivity contribution in [3.63, 3.8) is 0 Å². The van der Waals surface area contributed by atoms with Crippen LogP contribution in [0.4, 0.5) is 0 Å². The molecule has 3 atom stereocenters. The molecule has 2 aliphatic heterocycles. The molecule has 2 N–H and O–H groups in total. The topological polar surface area (TPSA) is 127 Å². The minimum atomic E-state index is -1.13. The molecule has 4 rings (SSSR count). The number of amides is 2. The van der Waals surface area contributed by atoms with Gasteiger partial charge in [0.25, 0.3) is 0 Å². The minimum absolute atomic E-state index is 0.0209. The van der Waals surface area contributed by atoms with Crippen molar-refractivity contribution in [1.82, 2.24) is 10.2 Å². The standard InChI is InChI=1S/C29H40ClN3O7/c1-28(2,3)25(31-24(34)11-17-9-7-6-8-10-17)26(35)33-16-29(15-21(33)27(36)37)14-20(32-40-29)18-12-19(30)23(39-5)13-22(18)38-4/h12-13,17,21,25H,6-11,14-16H2,1-5H3,(H,31,34)(H,36,37)/t21-,25+,29+/m0/s1. The summed E-state index contributed by atoms with van der Waals surface area (Å²) < 4.78 is 10.8. The van der Waals surface area contributed by atoms with Gasteiger partial charge in [0.05, 0.1) is 31.5 Å². The third-order valence-electron chi connectivity index (χ3n) is 8.21. The quantitative estimate of drug-likeness (QED) is 0.468. The number of halogens is 1. The van der Waals surface area contributed by atoms with E-state index in [-0.39, 0.29) is 25.3 Å². The van der Waals surface area contributed by atoms with Crippen molar-refractivity contribution >= 4 is 35.1 Å². The van der Waals surface area contributed by atoms with E-state index in [1.54, 1.807) is 12.1 Å². The Balaban J connectivity index is 1.53. The fraction of sp³-hybridized carbons (Fsp3) is 0.655. The predicted molar refractivity (Wildman–Crippen MR) is 150 cm³/mol. The summed E-state index contributed by atoms with van der Waals surface area (Å²) in [5.41, 5.74) is -0.527. The molecule has 220 valence electrons. The van der Waals surface area contributed by atoms with Gasteiger partial charge in [0.15, 0.2) is 5.60 Å². The van der Waals surface area contributed by atoms with E-state index in [4.69, 9.17) is 25.9 Å². The monoisotopic (exact) mass is 577 g/mol. The second-order valence-electron chi connectivity index (χ2n) is 12.3. The Hall–Kier alpha value is -3.01. The van der Waals surface area contributed by atoms with Crippen LogP contribution in [0.25, 0.3) is 0 Å². The van der Waals surface area contributed by atoms with Crippen molar-refractivity contribution in [2.24, 2.45) is 16.5 Å². The van der Waals surface area contributed by atoms with Crippen LogP contribution in [0.15, 0.2) is 17.3 Å². The molecule has 2 amide bonds. The first-order valence-electron chi connectivity index (χ1n) is 13.9. The first-order chi connectivity index (χ1) is 18.9. The number of oxime groups is 1. The lowest BCUT2D eigenvalue weighted by Gasteiger charge is -2.35. The molecule has 2 fully saturated rings. The van der Waals surface area contributed by atoms with Crippen LogP contribution in [0, 0.1) is 11.3 Å². The van der Waals surface area contributed by atoms with Crippen molar-refractivity contribution < 1.29 is 33.8 Å². The van der Waals surface area contributed by atoms with Gasteiger partial charge in [-0.1, -0.05) is 56.8 Å². The van der Waals surface area contributed by atoms with Crippen molar-refractivity contribution in [3.8, 4) is 11.5 Å². The number of likely N-dealkylation sites (tertiary alicyclic amines) is 1. The number of hydrogen-bond donors (Lipinski definition) is 2. The van der Waals surface area contributed by atoms with E-state index in [1.165, 1.54) is 25.5 Å². The molecule has 0 bridgehead atoms. The summed E-state index contributed by atoms with van der Waals surface area (Å²) in [5, 5.41) is 17.7. The van der Waals surface area contributed by atoms with Crippen LogP contribution in [-0.4, -0.2) is 72.0 Å². The smallest absolute Gasteiger partial charge is 0.326 e. The molecule has 2 heterocycles. The van der Waals surface area contributed by atoms with Crippen LogP contribution >= 0.6 is 11.6 Å². The summed E-state index contributed by atoms with van der Waals surface area (Å²) in [6.45, 7) is 5.62. The number of hydrogen-bond acceptors (Lipinski definition) is 7. The number of carbonyl (C=O) groups is 3. The number of rotatable bonds is 8. The van der Waals surface area contributed by atoms with Crippen LogP contribution < -0.4 is 14.8 Å². The molecule has 40 heavy (non-hydrogen) atoms. The highest BCUT2D eigenvalue weighted by Gasteiger charge is 2.55. The Labute approximate surface area is 240 Å². The van der Waals surface area contributed by atoms with Gasteiger partial charge in [0.1, 0.15) is 23.6 Å². The average molecular weight is 578 g/mol. The Bertz CT molecular complexity index is 1170. The van der Waals surface area contributed by atoms with Gasteiger partial charge in [-0.15, -0.1) is 0 Å². The first kappa shape index (κ1) is 30.0. The number of aliphatic carboxylic acids is 1. The van der Waals surface area contributed by atoms with E-state index in [1.807, 2.05) is 20.8 Å². The number of nitrogens with zero attached hydrogens (tertiary/aromatic N) is 2. The number of carbonyl (C=O) groups excluding carboxylic acids is 2. The maximum atomic E-state index is 13.9. The van der Waals surface area contributed by atoms with E-state index in [9.17, 15) is 19.5 Å². The lowest BCUT2D eigenvalue weighted by Crippen LogP contribution is -2.57. The van der Waals surface area contributed by atoms with Crippen LogP contribution in [-0.2, 0) is 19.2 Å². The summed E-state index contributed by atoms with van der Waals surface area (Å²) in [6, 6.07) is 1.32. The largest absolute Gasteiger partial charge is 0.496 e. The zero-order chi connectivity index (χ0) is 29.2. The molecule has 10 nitrogen and oxygen atoms in total. The third kappa shape index (κ3) is 6.32. The molecule has 3 aliphatic rings. The van der Waals surface area contributed by atoms with E-state index in [2.05, 4.69) is 10.5 Å². The highest BCUT2D eigenvalue weighted by atomic mass is 35.5. The highest BCUT2D eigenvalue weighted by Crippen LogP contribution is 2.42. The van der Waals surface area contributed by atoms with Crippen molar-refractivity contribution in [3.05, 3.63) is 22.7 Å². The Morgan fingerprint density at radius 2 is 1.85 bits per heavy atom. The molecule has 0 aromatic heterocycles. The highest BCUT2D eigenvalue weighted by molar-refractivity contribution is 6.32. The zero-order valence-corrected chi connectivity index (χ0v) is 24.7. The van der Waals surface area contributed by atoms with Gasteiger partial charge < -0.3 is 29.6 Å². The van der Waals surface area contributed by atoms with Gasteiger partial charge in [-0.05, 0) is 30.2 Å². The van der Waals surface area contributed by atoms with Crippen molar-refractivity contribution in [2.75, 3.05) is 20.8 Å². The summed E-state index contributed by atoms with van der Waals surface area (Å²) >= 11 is 6.36. The summed E-state index contributed by atoms with van der Waals surface area (Å²) in [5.74, 6) is -0.498. The van der Waals surface area contributed by atoms with Gasteiger partial charge in [-0.25, -0.2) is 4.79 Å². The molecular formula is C29H40ClN3O7. The molecule has 11 heteroatoms. The Morgan fingerprint density at radius 3 is 2.45 bits per heavy atom. The molecule has 1 saturated heterocycles. The fourth-order valence-electron chi connectivity index (χ4n) is 6.03. The van der Waals surface area contributed by atoms with Gasteiger partial charge in [0.2, 0.25) is 11.8 Å². The van der Waals surface area contributed by atoms with Crippen molar-refractivity contribution in [2.45, 2.75) is 89.8 Å². The van der Waals surface area contributed by atoms with E-state index < -0.39 is 35.0 Å². The maximum Gasteiger partial charge on any atom is 0.326 e. The van der Waals surface area contributed by atoms with E-state index in [0.29, 0.717) is 40.1 Å². The molecular weight excluding hydrogens is 538 g/mol. The number of ether oxygens (including phenoxy) is 2. The fourth-order valence-corrected chi connectivity index (χ4v) is 6.27. The summed E-state index contributed by atoms with van der Waals surface area (Å²) in [6.07, 6.45) is 6.15. The molecule has 0 unspecified atom stereocenters. The number of nitrogens with one attached hydrogen (secondary N) is 1. The molecule has 1 aliphatic carbocycles. The number of carboxylic acid groups (broad SMARTS) is 1. The molecule has 0 radical (unpaired) electrons. The van der Waals surface area contributed by atoms with Crippen LogP contribution in [0.1, 0.15) is 77.7 Å². The predicted octanol–water partition coefficient (Wildman–Crippen LogP) is 4.41. The lowest BCUT2D eigenvalue weighted by molar-refractivity contribution is -0.150. The van der Waals surface area contributed by atoms with Gasteiger partial charge in [-0.2, -0.15) is 0 Å². The minimum Gasteiger partial charge on any atom is -0.496 e. The molecule has 1 aromatic carbocycles. The SMILES string of the molecule is COc1cc(OC)c(C2=NO[C@]3(C2)C[C@@H](C(=O)O)N(C(=O)[C@@H](NC(=O)CC2CCCCC2)C(C)(C)C)C3)cc1Cl. The maximum absolute atomic E-state index is 13.9. The van der Waals surface area contributed by atoms with Crippen LogP contribution in [0.3, 0.4) is 0 Å². The second-order valence-corrected chi connectivity index (χ2v) is 12.7. The molecule has 1 saturated carbocycles. The lowest BCUT2D eigenvalue weighted by atomic mass is 9.84. The van der Waals surface area contributed by atoms with Gasteiger partial charge in [0, 0.05) is 30.9 Å². The molecule has 1 aromatic rings. The van der Waals surface area contributed by atoms with E-state index in [0.717, 1.165) is 25.7 Å². The van der Waals surface area contributed by atoms with Gasteiger partial charge in [-0.3, -0.25) is 9.59 Å². The van der Waals surface area contributed by atoms with Crippen LogP contribution in [0.5, 0.6) is 11.5 Å². The first-order valence-corrected chi connectivity index (χ1v) is 14.2. The van der Waals surface area contributed by atoms with Crippen molar-refractivity contribution in [1.29, 1.82) is 0 Å². The van der Waals surface area contributed by atoms with E-state index >= 15 is 0 Å². The normalized spacial score (nSPS) is 23.9. The molecule has 1 spiro atoms. The number of carboxylic acids is 1. The number of benzene rings is 1. The Morgan fingerprint density at radius 1 is 1.18 bits per heavy atom. The van der Waals surface area contributed by atoms with Gasteiger partial charge >= 0.3 is 5.97 Å². The van der Waals surface area contributed by atoms with Crippen LogP contribution in [0.2, 0.25) is 5.02 Å². The summed E-state index contributed by atoms with van der Waals surface area (Å²) in [4.78, 5) is 46.5. The summed E-state index contributed by atoms with van der Waals surface area (Å²) in [7, 11) is 3.02. The average Bonchev–Trinajstić information content (AvgIpc) is 3.50. The second kappa shape index (κ2) is 11.8. The number of methoxy groups -OCH3 is 2. The third-order valence-corrected chi connectivity index (χ3v) is 8.50. The zero-order valence-electron chi connectivity index (χ0n) is 23.9. The Kier molecular flexibility index (Phi) is 8.87.